The van der Waals surface area contributed by atoms with E-state index in [0.29, 0.717) is 24.3 Å². The van der Waals surface area contributed by atoms with Gasteiger partial charge in [-0.05, 0) is 66.0 Å². The number of aromatic nitrogens is 7. The van der Waals surface area contributed by atoms with Crippen LogP contribution in [0.5, 0.6) is 0 Å². The van der Waals surface area contributed by atoms with E-state index < -0.39 is 0 Å². The number of hydrogen-bond acceptors (Lipinski definition) is 5. The molecule has 3 aromatic heterocycles. The Kier molecular flexibility index (Phi) is 7.92. The number of rotatable bonds is 10. The Hall–Kier alpha value is -3.55. The van der Waals surface area contributed by atoms with E-state index in [9.17, 15) is 4.79 Å². The van der Waals surface area contributed by atoms with E-state index in [2.05, 4.69) is 62.4 Å². The molecule has 37 heavy (non-hydrogen) atoms. The van der Waals surface area contributed by atoms with Crippen LogP contribution in [-0.4, -0.2) is 34.7 Å². The van der Waals surface area contributed by atoms with E-state index in [4.69, 9.17) is 0 Å². The minimum atomic E-state index is 0.126. The number of hydrogen-bond donors (Lipinski definition) is 1. The molecule has 5 rings (SSSR count). The normalized spacial score (nSPS) is 17.8. The third-order valence-corrected chi connectivity index (χ3v) is 7.79. The minimum Gasteiger partial charge on any atom is -0.296 e. The molecule has 1 fully saturated rings. The van der Waals surface area contributed by atoms with Crippen molar-refractivity contribution in [1.29, 1.82) is 0 Å². The summed E-state index contributed by atoms with van der Waals surface area (Å²) in [6.45, 7) is 4.98. The third kappa shape index (κ3) is 5.43. The third-order valence-electron chi connectivity index (χ3n) is 7.79. The van der Waals surface area contributed by atoms with Crippen LogP contribution in [0.15, 0.2) is 53.7 Å². The van der Waals surface area contributed by atoms with Crippen LogP contribution in [0.3, 0.4) is 0 Å². The van der Waals surface area contributed by atoms with Crippen LogP contribution in [0.1, 0.15) is 82.5 Å². The quantitative estimate of drug-likeness (QED) is 0.297. The lowest BCUT2D eigenvalue weighted by Crippen LogP contribution is -2.33. The zero-order chi connectivity index (χ0) is 25.6. The van der Waals surface area contributed by atoms with Crippen molar-refractivity contribution < 1.29 is 0 Å². The number of pyridine rings is 1. The summed E-state index contributed by atoms with van der Waals surface area (Å²) >= 11 is 0. The van der Waals surface area contributed by atoms with Crippen LogP contribution >= 0.6 is 0 Å². The second kappa shape index (κ2) is 11.7. The number of nitrogens with zero attached hydrogens (tertiary/aromatic N) is 6. The van der Waals surface area contributed by atoms with Gasteiger partial charge in [0.2, 0.25) is 5.82 Å². The summed E-state index contributed by atoms with van der Waals surface area (Å²) in [5.41, 5.74) is 5.36. The summed E-state index contributed by atoms with van der Waals surface area (Å²) in [6, 6.07) is 10.5. The maximum atomic E-state index is 13.9. The number of unbranched alkanes of at least 4 members (excludes halogenated alkanes) is 1. The average molecular weight is 500 g/mol. The summed E-state index contributed by atoms with van der Waals surface area (Å²) in [5.74, 6) is 1.16. The molecule has 2 unspecified atom stereocenters. The molecule has 0 spiro atoms. The summed E-state index contributed by atoms with van der Waals surface area (Å²) in [6.07, 6.45) is 16.2. The van der Waals surface area contributed by atoms with Crippen molar-refractivity contribution >= 4 is 0 Å². The van der Waals surface area contributed by atoms with Crippen LogP contribution in [-0.2, 0) is 13.0 Å². The van der Waals surface area contributed by atoms with Gasteiger partial charge in [-0.25, -0.2) is 4.79 Å². The molecule has 8 nitrogen and oxygen atoms in total. The number of tetrazole rings is 1. The van der Waals surface area contributed by atoms with Crippen LogP contribution in [0.2, 0.25) is 0 Å². The lowest BCUT2D eigenvalue weighted by Gasteiger charge is -2.31. The molecular weight excluding hydrogens is 462 g/mol. The van der Waals surface area contributed by atoms with Gasteiger partial charge in [0.25, 0.3) is 0 Å². The molecule has 8 heteroatoms. The van der Waals surface area contributed by atoms with Gasteiger partial charge in [-0.1, -0.05) is 63.8 Å². The first kappa shape index (κ1) is 25.1. The fraction of sp³-hybridized carbons (Fsp3) is 0.483. The van der Waals surface area contributed by atoms with Crippen LogP contribution in [0, 0.1) is 5.92 Å². The zero-order valence-corrected chi connectivity index (χ0v) is 21.9. The molecule has 0 amide bonds. The predicted molar refractivity (Wildman–Crippen MR) is 145 cm³/mol. The van der Waals surface area contributed by atoms with Gasteiger partial charge in [-0.15, -0.1) is 10.2 Å². The van der Waals surface area contributed by atoms with Crippen molar-refractivity contribution in [3.63, 3.8) is 0 Å². The Morgan fingerprint density at radius 1 is 1.03 bits per heavy atom. The van der Waals surface area contributed by atoms with E-state index in [0.717, 1.165) is 53.6 Å². The number of aryl methyl sites for hydroxylation is 1. The van der Waals surface area contributed by atoms with Crippen molar-refractivity contribution in [3.8, 4) is 22.5 Å². The highest BCUT2D eigenvalue weighted by atomic mass is 16.1. The Bertz CT molecular complexity index is 1340. The van der Waals surface area contributed by atoms with E-state index in [1.54, 1.807) is 0 Å². The Balaban J connectivity index is 1.48. The van der Waals surface area contributed by atoms with Gasteiger partial charge in [0, 0.05) is 35.9 Å². The van der Waals surface area contributed by atoms with Crippen molar-refractivity contribution in [2.75, 3.05) is 0 Å². The molecule has 0 aliphatic heterocycles. The van der Waals surface area contributed by atoms with Crippen molar-refractivity contribution in [2.24, 2.45) is 5.92 Å². The van der Waals surface area contributed by atoms with Crippen molar-refractivity contribution in [3.05, 3.63) is 70.7 Å². The number of nitrogens with one attached hydrogen (secondary N) is 1. The highest BCUT2D eigenvalue weighted by Gasteiger charge is 2.28. The highest BCUT2D eigenvalue weighted by molar-refractivity contribution is 5.69. The Labute approximate surface area is 218 Å². The topological polar surface area (TPSA) is 94.3 Å². The number of H-pyrrole nitrogens is 1. The molecule has 3 heterocycles. The molecule has 1 aromatic carbocycles. The van der Waals surface area contributed by atoms with Gasteiger partial charge in [0.15, 0.2) is 0 Å². The molecule has 0 bridgehead atoms. The van der Waals surface area contributed by atoms with Gasteiger partial charge in [-0.3, -0.25) is 14.1 Å². The van der Waals surface area contributed by atoms with Crippen LogP contribution in [0.25, 0.3) is 22.5 Å². The first-order valence-corrected chi connectivity index (χ1v) is 13.8. The smallest absolute Gasteiger partial charge is 0.296 e. The molecule has 4 aromatic rings. The lowest BCUT2D eigenvalue weighted by atomic mass is 9.81. The first-order chi connectivity index (χ1) is 18.2. The van der Waals surface area contributed by atoms with Crippen LogP contribution in [0.4, 0.5) is 0 Å². The highest BCUT2D eigenvalue weighted by Crippen LogP contribution is 2.36. The van der Waals surface area contributed by atoms with E-state index in [1.165, 1.54) is 32.1 Å². The molecular formula is C29H37N7O. The van der Waals surface area contributed by atoms with E-state index >= 15 is 0 Å². The molecule has 194 valence electrons. The SMILES string of the molecule is CCCCc1cn(C2CCCCC2CCC)c(=O)n1Cc1cnccc1-c1ccc(-c2nn[nH]n2)cc1. The average Bonchev–Trinajstić information content (AvgIpc) is 3.58. The fourth-order valence-electron chi connectivity index (χ4n) is 5.86. The molecule has 0 radical (unpaired) electrons. The molecule has 1 aliphatic carbocycles. The lowest BCUT2D eigenvalue weighted by molar-refractivity contribution is 0.220. The Morgan fingerprint density at radius 2 is 1.84 bits per heavy atom. The molecule has 1 aliphatic rings. The second-order valence-corrected chi connectivity index (χ2v) is 10.2. The van der Waals surface area contributed by atoms with Crippen molar-refractivity contribution in [1.82, 2.24) is 34.7 Å². The molecule has 2 atom stereocenters. The number of benzene rings is 1. The minimum absolute atomic E-state index is 0.126. The first-order valence-electron chi connectivity index (χ1n) is 13.8. The second-order valence-electron chi connectivity index (χ2n) is 10.2. The van der Waals surface area contributed by atoms with Gasteiger partial charge in [-0.2, -0.15) is 5.21 Å². The summed E-state index contributed by atoms with van der Waals surface area (Å²) in [5, 5.41) is 14.3. The largest absolute Gasteiger partial charge is 0.328 e. The van der Waals surface area contributed by atoms with E-state index in [1.807, 2.05) is 35.2 Å². The number of aromatic amines is 1. The Morgan fingerprint density at radius 3 is 2.59 bits per heavy atom. The molecule has 0 saturated heterocycles. The summed E-state index contributed by atoms with van der Waals surface area (Å²) in [7, 11) is 0. The maximum absolute atomic E-state index is 13.9. The standard InChI is InChI=1S/C29H37N7O/c1-3-5-10-25-20-36(27-11-7-6-9-22(27)8-4-2)29(37)35(25)19-24-18-30-17-16-26(24)21-12-14-23(15-13-21)28-31-33-34-32-28/h12-18,20,22,27H,3-11,19H2,1-2H3,(H,31,32,33,34). The van der Waals surface area contributed by atoms with E-state index in [-0.39, 0.29) is 5.69 Å². The number of imidazole rings is 1. The molecule has 1 N–H and O–H groups in total. The monoisotopic (exact) mass is 499 g/mol. The molecule has 1 saturated carbocycles. The van der Waals surface area contributed by atoms with Gasteiger partial charge in [0.05, 0.1) is 6.54 Å². The van der Waals surface area contributed by atoms with Gasteiger partial charge >= 0.3 is 5.69 Å². The van der Waals surface area contributed by atoms with Gasteiger partial charge < -0.3 is 0 Å². The summed E-state index contributed by atoms with van der Waals surface area (Å²) in [4.78, 5) is 18.3. The van der Waals surface area contributed by atoms with Crippen molar-refractivity contribution in [2.45, 2.75) is 84.2 Å². The fourth-order valence-corrected chi connectivity index (χ4v) is 5.86. The summed E-state index contributed by atoms with van der Waals surface area (Å²) < 4.78 is 4.09. The van der Waals surface area contributed by atoms with Gasteiger partial charge in [0.1, 0.15) is 0 Å². The van der Waals surface area contributed by atoms with Crippen LogP contribution < -0.4 is 5.69 Å². The predicted octanol–water partition coefficient (Wildman–Crippen LogP) is 5.81. The zero-order valence-electron chi connectivity index (χ0n) is 21.9. The maximum Gasteiger partial charge on any atom is 0.328 e.